The molecule has 1 heterocycles. The summed E-state index contributed by atoms with van der Waals surface area (Å²) in [4.78, 5) is 10.3. The molecule has 0 aromatic carbocycles. The molecule has 1 aliphatic rings. The van der Waals surface area contributed by atoms with E-state index in [1.165, 1.54) is 0 Å². The molecule has 84 valence electrons. The van der Waals surface area contributed by atoms with E-state index in [2.05, 4.69) is 4.74 Å². The molecule has 9 heteroatoms. The van der Waals surface area contributed by atoms with E-state index >= 15 is 0 Å². The Morgan fingerprint density at radius 1 is 1.07 bits per heavy atom. The molecule has 0 aliphatic carbocycles. The normalized spacial score (nSPS) is 39.9. The second-order valence-corrected chi connectivity index (χ2v) is 2.74. The Balaban J connectivity index is 0. The fourth-order valence-electron chi connectivity index (χ4n) is 1.06. The molecule has 1 rings (SSSR count). The predicted molar refractivity (Wildman–Crippen MR) is 37.5 cm³/mol. The molecule has 0 saturated carbocycles. The Bertz CT molecular complexity index is 211. The Kier molecular flexibility index (Phi) is 7.91. The summed E-state index contributed by atoms with van der Waals surface area (Å²) in [7, 11) is 0. The molecular weight excluding hydrogens is 229 g/mol. The first-order chi connectivity index (χ1) is 5.95. The smallest absolute Gasteiger partial charge is 0.547 e. The van der Waals surface area contributed by atoms with Crippen LogP contribution in [0.15, 0.2) is 0 Å². The van der Waals surface area contributed by atoms with E-state index in [-0.39, 0.29) is 35.0 Å². The minimum Gasteiger partial charge on any atom is -0.547 e. The summed E-state index contributed by atoms with van der Waals surface area (Å²) >= 11 is 0. The first-order valence-electron chi connectivity index (χ1n) is 3.53. The second-order valence-electron chi connectivity index (χ2n) is 2.74. The van der Waals surface area contributed by atoms with Gasteiger partial charge in [0.05, 0.1) is 5.97 Å². The van der Waals surface area contributed by atoms with Crippen molar-refractivity contribution in [2.24, 2.45) is 0 Å². The fraction of sp³-hybridized carbons (Fsp3) is 0.833. The van der Waals surface area contributed by atoms with Crippen molar-refractivity contribution in [3.05, 3.63) is 0 Å². The van der Waals surface area contributed by atoms with Crippen LogP contribution in [0.3, 0.4) is 0 Å². The number of carboxylic acid groups (broad SMARTS) is 1. The van der Waals surface area contributed by atoms with Gasteiger partial charge in [-0.2, -0.15) is 0 Å². The number of carboxylic acids is 1. The van der Waals surface area contributed by atoms with Crippen LogP contribution in [-0.4, -0.2) is 62.6 Å². The van der Waals surface area contributed by atoms with Gasteiger partial charge < -0.3 is 40.5 Å². The zero-order valence-electron chi connectivity index (χ0n) is 7.90. The number of carbonyl (C=O) groups excluding carboxylic acids is 1. The number of aliphatic hydroxyl groups excluding tert-OH is 4. The number of aliphatic carboxylic acids is 1. The molecule has 0 bridgehead atoms. The molecule has 0 amide bonds. The third kappa shape index (κ3) is 3.63. The van der Waals surface area contributed by atoms with E-state index < -0.39 is 36.7 Å². The molecule has 0 spiro atoms. The summed E-state index contributed by atoms with van der Waals surface area (Å²) in [5.41, 5.74) is 0. The quantitative estimate of drug-likeness (QED) is 0.261. The van der Waals surface area contributed by atoms with E-state index in [4.69, 9.17) is 20.4 Å². The Hall–Kier alpha value is 0.230. The van der Waals surface area contributed by atoms with E-state index in [0.717, 1.165) is 0 Å². The number of hydrogen-bond donors (Lipinski definition) is 4. The van der Waals surface area contributed by atoms with Gasteiger partial charge in [0.1, 0.15) is 24.4 Å². The number of aliphatic hydroxyl groups is 4. The van der Waals surface area contributed by atoms with Crippen LogP contribution in [0.25, 0.3) is 0 Å². The van der Waals surface area contributed by atoms with Crippen molar-refractivity contribution in [1.82, 2.24) is 0 Å². The van der Waals surface area contributed by atoms with Crippen LogP contribution in [0.4, 0.5) is 0 Å². The Morgan fingerprint density at radius 3 is 1.93 bits per heavy atom. The fourth-order valence-corrected chi connectivity index (χ4v) is 1.06. The van der Waals surface area contributed by atoms with E-state index in [9.17, 15) is 9.90 Å². The van der Waals surface area contributed by atoms with Gasteiger partial charge in [0.25, 0.3) is 0 Å². The van der Waals surface area contributed by atoms with Crippen molar-refractivity contribution in [2.45, 2.75) is 30.7 Å². The summed E-state index contributed by atoms with van der Waals surface area (Å²) in [5.74, 6) is -1.77. The molecule has 6 N–H and O–H groups in total. The van der Waals surface area contributed by atoms with Gasteiger partial charge in [-0.3, -0.25) is 0 Å². The number of ether oxygens (including phenoxy) is 1. The van der Waals surface area contributed by atoms with Crippen molar-refractivity contribution >= 4 is 5.97 Å². The molecule has 0 radical (unpaired) electrons. The van der Waals surface area contributed by atoms with Crippen molar-refractivity contribution < 1.29 is 70.1 Å². The summed E-state index contributed by atoms with van der Waals surface area (Å²) in [6.45, 7) is 0. The van der Waals surface area contributed by atoms with Crippen LogP contribution in [0.2, 0.25) is 0 Å². The first-order valence-corrected chi connectivity index (χ1v) is 3.53. The van der Waals surface area contributed by atoms with Crippen LogP contribution in [0.1, 0.15) is 0 Å². The summed E-state index contributed by atoms with van der Waals surface area (Å²) in [6.07, 6.45) is -9.00. The largest absolute Gasteiger partial charge is 1.00 e. The van der Waals surface area contributed by atoms with Gasteiger partial charge in [0.2, 0.25) is 0 Å². The van der Waals surface area contributed by atoms with Gasteiger partial charge >= 0.3 is 29.6 Å². The third-order valence-electron chi connectivity index (χ3n) is 1.82. The van der Waals surface area contributed by atoms with E-state index in [1.54, 1.807) is 0 Å². The number of carbonyl (C=O) groups is 1. The molecule has 1 fully saturated rings. The topological polar surface area (TPSA) is 162 Å². The van der Waals surface area contributed by atoms with Gasteiger partial charge in [-0.1, -0.05) is 0 Å². The standard InChI is InChI=1S/C6H10O7.Na.H2O/c7-1-2(8)4(5(10)11)13-6(12)3(1)9;;/h1-4,6-9,12H,(H,10,11);;1H2/q;+1;/p-1/t1-,2-,3+,4-,6?;;/m0../s1/i1+1,2+1,3+1,4+1,5+1,6+1;;. The number of rotatable bonds is 1. The minimum absolute atomic E-state index is 0. The van der Waals surface area contributed by atoms with Gasteiger partial charge in [-0.05, 0) is 0 Å². The summed E-state index contributed by atoms with van der Waals surface area (Å²) in [5, 5.41) is 46.1. The molecular formula is C6H11NaO8. The maximum atomic E-state index is 10.3. The number of hydrogen-bond acceptors (Lipinski definition) is 7. The predicted octanol–water partition coefficient (Wildman–Crippen LogP) is -8.28. The van der Waals surface area contributed by atoms with E-state index in [1.807, 2.05) is 0 Å². The van der Waals surface area contributed by atoms with Crippen molar-refractivity contribution in [3.8, 4) is 0 Å². The minimum atomic E-state index is -1.85. The van der Waals surface area contributed by atoms with Crippen molar-refractivity contribution in [2.75, 3.05) is 0 Å². The Morgan fingerprint density at radius 2 is 1.53 bits per heavy atom. The molecule has 0 aromatic rings. The van der Waals surface area contributed by atoms with E-state index in [0.29, 0.717) is 0 Å². The molecule has 1 aliphatic heterocycles. The zero-order valence-corrected chi connectivity index (χ0v) is 9.90. The SMILES string of the molecule is O.O=[13C]([O-])[13C@H]1O[13CH](O)[13C@H](O)[13C@@H](O)[13C@@H]1O.[Na+]. The van der Waals surface area contributed by atoms with Gasteiger partial charge in [0, 0.05) is 0 Å². The van der Waals surface area contributed by atoms with Crippen LogP contribution in [0, 0.1) is 0 Å². The molecule has 0 aromatic heterocycles. The van der Waals surface area contributed by atoms with Gasteiger partial charge in [-0.15, -0.1) is 0 Å². The molecule has 15 heavy (non-hydrogen) atoms. The van der Waals surface area contributed by atoms with Gasteiger partial charge in [-0.25, -0.2) is 0 Å². The van der Waals surface area contributed by atoms with Crippen LogP contribution in [-0.2, 0) is 9.53 Å². The maximum absolute atomic E-state index is 10.3. The van der Waals surface area contributed by atoms with Crippen LogP contribution < -0.4 is 34.7 Å². The Labute approximate surface area is 107 Å². The molecule has 8 nitrogen and oxygen atoms in total. The third-order valence-corrected chi connectivity index (χ3v) is 1.82. The average molecular weight is 240 g/mol. The second kappa shape index (κ2) is 6.74. The average Bonchev–Trinajstić information content (AvgIpc) is 2.07. The summed E-state index contributed by atoms with van der Waals surface area (Å²) in [6, 6.07) is 0. The molecule has 1 saturated heterocycles. The van der Waals surface area contributed by atoms with Gasteiger partial charge in [0.15, 0.2) is 6.29 Å². The van der Waals surface area contributed by atoms with Crippen molar-refractivity contribution in [3.63, 3.8) is 0 Å². The first kappa shape index (κ1) is 17.6. The molecule has 5 atom stereocenters. The van der Waals surface area contributed by atoms with Crippen LogP contribution >= 0.6 is 0 Å². The molecule has 1 unspecified atom stereocenters. The zero-order chi connectivity index (χ0) is 10.2. The summed E-state index contributed by atoms with van der Waals surface area (Å²) < 4.78 is 4.28. The van der Waals surface area contributed by atoms with Crippen LogP contribution in [0.5, 0.6) is 0 Å². The maximum Gasteiger partial charge on any atom is 1.00 e. The monoisotopic (exact) mass is 240 g/mol. The van der Waals surface area contributed by atoms with Crippen molar-refractivity contribution in [1.29, 1.82) is 0 Å².